The molecule has 0 fully saturated rings. The summed E-state index contributed by atoms with van der Waals surface area (Å²) in [5, 5.41) is 9.15. The number of aryl methyl sites for hydroxylation is 1. The second kappa shape index (κ2) is 7.85. The van der Waals surface area contributed by atoms with Crippen molar-refractivity contribution in [3.05, 3.63) is 59.1 Å². The molecule has 28 heavy (non-hydrogen) atoms. The van der Waals surface area contributed by atoms with Gasteiger partial charge < -0.3 is 10.7 Å². The Hall–Kier alpha value is -2.51. The number of anilines is 1. The maximum Gasteiger partial charge on any atom is 0.240 e. The molecule has 6 nitrogen and oxygen atoms in total. The number of hydrogen-bond acceptors (Lipinski definition) is 5. The van der Waals surface area contributed by atoms with Gasteiger partial charge in [0.2, 0.25) is 11.1 Å². The number of rotatable bonds is 4. The second-order valence-electron chi connectivity index (χ2n) is 6.67. The molecular weight excluding hydrogens is 394 g/mol. The van der Waals surface area contributed by atoms with Gasteiger partial charge in [0, 0.05) is 22.8 Å². The van der Waals surface area contributed by atoms with Gasteiger partial charge in [0.15, 0.2) is 5.82 Å². The number of thioether (sulfide) groups is 1. The summed E-state index contributed by atoms with van der Waals surface area (Å²) in [5.41, 5.74) is 3.03. The van der Waals surface area contributed by atoms with Crippen molar-refractivity contribution in [2.75, 3.05) is 17.3 Å². The van der Waals surface area contributed by atoms with Crippen LogP contribution in [0.15, 0.2) is 53.7 Å². The molecule has 0 radical (unpaired) electrons. The predicted octanol–water partition coefficient (Wildman–Crippen LogP) is 3.77. The summed E-state index contributed by atoms with van der Waals surface area (Å²) < 4.78 is 1.42. The average Bonchev–Trinajstić information content (AvgIpc) is 3.08. The zero-order chi connectivity index (χ0) is 19.7. The van der Waals surface area contributed by atoms with Crippen LogP contribution in [0.3, 0.4) is 0 Å². The molecule has 1 amide bonds. The van der Waals surface area contributed by atoms with Crippen molar-refractivity contribution in [1.29, 1.82) is 0 Å². The molecule has 2 heterocycles. The molecule has 2 N–H and O–H groups in total. The fourth-order valence-electron chi connectivity index (χ4n) is 3.34. The van der Waals surface area contributed by atoms with Crippen molar-refractivity contribution in [1.82, 2.24) is 14.9 Å². The monoisotopic (exact) mass is 413 g/mol. The number of para-hydroxylation sites is 1. The molecule has 4 rings (SSSR count). The van der Waals surface area contributed by atoms with E-state index in [9.17, 15) is 4.79 Å². The molecule has 8 heteroatoms. The minimum Gasteiger partial charge on any atom is -0.335 e. The normalized spacial score (nSPS) is 14.6. The van der Waals surface area contributed by atoms with Crippen molar-refractivity contribution >= 4 is 35.0 Å². The molecular formula is C20H20ClN5OS. The summed E-state index contributed by atoms with van der Waals surface area (Å²) in [5.74, 6) is 6.77. The van der Waals surface area contributed by atoms with E-state index in [-0.39, 0.29) is 11.2 Å². The SMILES string of the molecule is C[C@@H](Sc1nnc(-c2ccc(Cl)cc2)n1N)C(=O)N1CCCc2ccccc21. The fourth-order valence-corrected chi connectivity index (χ4v) is 4.30. The first-order valence-corrected chi connectivity index (χ1v) is 10.3. The third-order valence-electron chi connectivity index (χ3n) is 4.77. The Morgan fingerprint density at radius 3 is 2.71 bits per heavy atom. The van der Waals surface area contributed by atoms with Gasteiger partial charge in [0.05, 0.1) is 5.25 Å². The summed E-state index contributed by atoms with van der Waals surface area (Å²) in [6.07, 6.45) is 1.97. The molecule has 1 atom stereocenters. The Morgan fingerprint density at radius 2 is 1.93 bits per heavy atom. The predicted molar refractivity (Wildman–Crippen MR) is 113 cm³/mol. The maximum absolute atomic E-state index is 13.1. The van der Waals surface area contributed by atoms with Gasteiger partial charge >= 0.3 is 0 Å². The number of aromatic nitrogens is 3. The van der Waals surface area contributed by atoms with Crippen molar-refractivity contribution in [3.8, 4) is 11.4 Å². The van der Waals surface area contributed by atoms with E-state index >= 15 is 0 Å². The molecule has 3 aromatic rings. The highest BCUT2D eigenvalue weighted by molar-refractivity contribution is 8.00. The van der Waals surface area contributed by atoms with E-state index in [2.05, 4.69) is 16.3 Å². The number of nitrogens with zero attached hydrogens (tertiary/aromatic N) is 4. The highest BCUT2D eigenvalue weighted by Gasteiger charge is 2.28. The lowest BCUT2D eigenvalue weighted by molar-refractivity contribution is -0.117. The Balaban J connectivity index is 1.52. The van der Waals surface area contributed by atoms with Gasteiger partial charge in [-0.25, -0.2) is 4.68 Å². The van der Waals surface area contributed by atoms with Crippen molar-refractivity contribution < 1.29 is 4.79 Å². The van der Waals surface area contributed by atoms with Crippen LogP contribution in [0, 0.1) is 0 Å². The van der Waals surface area contributed by atoms with Gasteiger partial charge in [-0.05, 0) is 55.7 Å². The second-order valence-corrected chi connectivity index (χ2v) is 8.41. The van der Waals surface area contributed by atoms with E-state index in [1.807, 2.05) is 42.2 Å². The van der Waals surface area contributed by atoms with Crippen LogP contribution in [-0.4, -0.2) is 32.6 Å². The van der Waals surface area contributed by atoms with Crippen LogP contribution in [0.25, 0.3) is 11.4 Å². The quantitative estimate of drug-likeness (QED) is 0.520. The third-order valence-corrected chi connectivity index (χ3v) is 6.07. The molecule has 0 spiro atoms. The number of nitrogen functional groups attached to an aromatic ring is 1. The van der Waals surface area contributed by atoms with Crippen LogP contribution >= 0.6 is 23.4 Å². The van der Waals surface area contributed by atoms with E-state index in [1.165, 1.54) is 22.0 Å². The number of benzene rings is 2. The number of carbonyl (C=O) groups excluding carboxylic acids is 1. The van der Waals surface area contributed by atoms with E-state index in [0.29, 0.717) is 16.0 Å². The van der Waals surface area contributed by atoms with Gasteiger partial charge in [-0.15, -0.1) is 10.2 Å². The summed E-state index contributed by atoms with van der Waals surface area (Å²) in [7, 11) is 0. The fraction of sp³-hybridized carbons (Fsp3) is 0.250. The minimum atomic E-state index is -0.337. The molecule has 0 aliphatic carbocycles. The first kappa shape index (κ1) is 18.8. The van der Waals surface area contributed by atoms with Crippen molar-refractivity contribution in [2.24, 2.45) is 0 Å². The standard InChI is InChI=1S/C20H20ClN5OS/c1-13(19(27)25-12-4-6-14-5-2-3-7-17(14)25)28-20-24-23-18(26(20)22)15-8-10-16(21)11-9-15/h2-3,5,7-11,13H,4,6,12,22H2,1H3/t13-/m1/s1. The number of nitrogens with two attached hydrogens (primary N) is 1. The largest absolute Gasteiger partial charge is 0.335 e. The summed E-state index contributed by atoms with van der Waals surface area (Å²) in [4.78, 5) is 15.0. The van der Waals surface area contributed by atoms with Crippen molar-refractivity contribution in [2.45, 2.75) is 30.2 Å². The molecule has 2 aromatic carbocycles. The Kier molecular flexibility index (Phi) is 5.28. The van der Waals surface area contributed by atoms with E-state index < -0.39 is 0 Å². The molecule has 1 aliphatic rings. The maximum atomic E-state index is 13.1. The van der Waals surface area contributed by atoms with Gasteiger partial charge in [-0.1, -0.05) is 41.6 Å². The number of amides is 1. The summed E-state index contributed by atoms with van der Waals surface area (Å²) in [6.45, 7) is 2.60. The number of halogens is 1. The highest BCUT2D eigenvalue weighted by atomic mass is 35.5. The van der Waals surface area contributed by atoms with E-state index in [4.69, 9.17) is 17.4 Å². The highest BCUT2D eigenvalue weighted by Crippen LogP contribution is 2.31. The molecule has 0 saturated heterocycles. The minimum absolute atomic E-state index is 0.0493. The number of fused-ring (bicyclic) bond motifs is 1. The molecule has 0 saturated carbocycles. The smallest absolute Gasteiger partial charge is 0.240 e. The summed E-state index contributed by atoms with van der Waals surface area (Å²) in [6, 6.07) is 15.3. The zero-order valence-electron chi connectivity index (χ0n) is 15.4. The van der Waals surface area contributed by atoms with E-state index in [1.54, 1.807) is 12.1 Å². The first-order chi connectivity index (χ1) is 13.5. The van der Waals surface area contributed by atoms with Crippen LogP contribution in [0.2, 0.25) is 5.02 Å². The molecule has 144 valence electrons. The van der Waals surface area contributed by atoms with Crippen LogP contribution in [0.1, 0.15) is 18.9 Å². The third kappa shape index (κ3) is 3.59. The Bertz CT molecular complexity index is 1000. The van der Waals surface area contributed by atoms with Crippen molar-refractivity contribution in [3.63, 3.8) is 0 Å². The Morgan fingerprint density at radius 1 is 1.18 bits per heavy atom. The zero-order valence-corrected chi connectivity index (χ0v) is 17.0. The van der Waals surface area contributed by atoms with Crippen LogP contribution in [0.4, 0.5) is 5.69 Å². The summed E-state index contributed by atoms with van der Waals surface area (Å²) >= 11 is 7.25. The lowest BCUT2D eigenvalue weighted by Gasteiger charge is -2.31. The Labute approximate surface area is 172 Å². The van der Waals surface area contributed by atoms with Gasteiger partial charge in [-0.2, -0.15) is 0 Å². The van der Waals surface area contributed by atoms with Gasteiger partial charge in [0.25, 0.3) is 0 Å². The topological polar surface area (TPSA) is 77.0 Å². The number of hydrogen-bond donors (Lipinski definition) is 1. The average molecular weight is 414 g/mol. The van der Waals surface area contributed by atoms with Gasteiger partial charge in [-0.3, -0.25) is 4.79 Å². The van der Waals surface area contributed by atoms with Crippen LogP contribution in [0.5, 0.6) is 0 Å². The molecule has 0 unspecified atom stereocenters. The van der Waals surface area contributed by atoms with E-state index in [0.717, 1.165) is 30.6 Å². The molecule has 1 aliphatic heterocycles. The van der Waals surface area contributed by atoms with Gasteiger partial charge in [0.1, 0.15) is 0 Å². The van der Waals surface area contributed by atoms with Crippen LogP contribution in [-0.2, 0) is 11.2 Å². The first-order valence-electron chi connectivity index (χ1n) is 9.07. The lowest BCUT2D eigenvalue weighted by atomic mass is 10.0. The van der Waals surface area contributed by atoms with Crippen LogP contribution < -0.4 is 10.7 Å². The molecule has 1 aromatic heterocycles. The number of carbonyl (C=O) groups is 1. The molecule has 0 bridgehead atoms. The lowest BCUT2D eigenvalue weighted by Crippen LogP contribution is -2.40.